The lowest BCUT2D eigenvalue weighted by molar-refractivity contribution is -0.115. The van der Waals surface area contributed by atoms with Gasteiger partial charge in [0.15, 0.2) is 0 Å². The van der Waals surface area contributed by atoms with E-state index in [1.165, 1.54) is 43.6 Å². The number of rotatable bonds is 7. The molecule has 0 bridgehead atoms. The van der Waals surface area contributed by atoms with Gasteiger partial charge in [-0.1, -0.05) is 12.1 Å². The lowest BCUT2D eigenvalue weighted by Crippen LogP contribution is -2.14. The number of amides is 1. The highest BCUT2D eigenvalue weighted by Crippen LogP contribution is 2.30. The van der Waals surface area contributed by atoms with E-state index in [0.717, 1.165) is 10.0 Å². The summed E-state index contributed by atoms with van der Waals surface area (Å²) in [5.74, 6) is -1.95. The molecule has 3 aromatic rings. The molecule has 2 aromatic carbocycles. The third-order valence-corrected chi connectivity index (χ3v) is 6.19. The number of carbonyl (C=O) groups excluding carboxylic acids is 1. The maximum Gasteiger partial charge on any atom is 0.268 e. The molecule has 0 saturated carbocycles. The molecule has 3 rings (SSSR count). The summed E-state index contributed by atoms with van der Waals surface area (Å²) in [5.41, 5.74) is 1.15. The van der Waals surface area contributed by atoms with Crippen LogP contribution in [0.15, 0.2) is 65.7 Å². The van der Waals surface area contributed by atoms with E-state index >= 15 is 0 Å². The Bertz CT molecular complexity index is 1250. The predicted molar refractivity (Wildman–Crippen MR) is 115 cm³/mol. The summed E-state index contributed by atoms with van der Waals surface area (Å²) in [6, 6.07) is 10.6. The van der Waals surface area contributed by atoms with E-state index < -0.39 is 21.7 Å². The Labute approximate surface area is 179 Å². The second kappa shape index (κ2) is 9.23. The Morgan fingerprint density at radius 1 is 1.10 bits per heavy atom. The molecule has 0 unspecified atom stereocenters. The molecule has 2 N–H and O–H groups in total. The minimum atomic E-state index is -4.11. The molecular weight excluding hydrogens is 424 g/mol. The molecule has 0 aliphatic heterocycles. The maximum absolute atomic E-state index is 14.5. The summed E-state index contributed by atoms with van der Waals surface area (Å²) in [4.78, 5) is 11.4. The largest absolute Gasteiger partial charge is 0.356 e. The van der Waals surface area contributed by atoms with E-state index in [0.29, 0.717) is 23.7 Å². The summed E-state index contributed by atoms with van der Waals surface area (Å²) < 4.78 is 55.7. The first kappa shape index (κ1) is 22.4. The molecule has 0 radical (unpaired) electrons. The second-order valence-electron chi connectivity index (χ2n) is 6.71. The number of hydrogen-bond acceptors (Lipinski definition) is 4. The van der Waals surface area contributed by atoms with Crippen LogP contribution < -0.4 is 10.6 Å². The summed E-state index contributed by atoms with van der Waals surface area (Å²) >= 11 is 0. The zero-order valence-corrected chi connectivity index (χ0v) is 17.7. The van der Waals surface area contributed by atoms with Gasteiger partial charge >= 0.3 is 0 Å². The number of benzene rings is 2. The lowest BCUT2D eigenvalue weighted by atomic mass is 10.1. The Hall–Kier alpha value is -3.30. The van der Waals surface area contributed by atoms with Gasteiger partial charge in [0.25, 0.3) is 10.0 Å². The molecule has 1 amide bonds. The third-order valence-electron chi connectivity index (χ3n) is 4.52. The Morgan fingerprint density at radius 2 is 1.87 bits per heavy atom. The van der Waals surface area contributed by atoms with E-state index in [-0.39, 0.29) is 22.1 Å². The molecule has 0 spiro atoms. The average molecular weight is 445 g/mol. The number of hydrogen-bond donors (Lipinski definition) is 2. The quantitative estimate of drug-likeness (QED) is 0.548. The smallest absolute Gasteiger partial charge is 0.268 e. The highest BCUT2D eigenvalue weighted by molar-refractivity contribution is 7.90. The van der Waals surface area contributed by atoms with Crippen LogP contribution in [-0.2, 0) is 21.4 Å². The molecule has 1 aromatic heterocycles. The van der Waals surface area contributed by atoms with Gasteiger partial charge in [0.1, 0.15) is 11.6 Å². The van der Waals surface area contributed by atoms with Gasteiger partial charge < -0.3 is 10.6 Å². The van der Waals surface area contributed by atoms with E-state index in [1.54, 1.807) is 25.2 Å². The van der Waals surface area contributed by atoms with Crippen molar-refractivity contribution < 1.29 is 22.0 Å². The standard InChI is InChI=1S/C22H21F2N3O3S/c1-25-13-16-11-21(19-8-7-17(23)12-20(19)24)27(14-16)31(29,30)18-5-3-4-15(10-18)6-9-22(28)26-2/h3-12,14,25H,13H2,1-2H3,(H,26,28)/b9-6+. The van der Waals surface area contributed by atoms with Gasteiger partial charge in [0.2, 0.25) is 5.91 Å². The minimum absolute atomic E-state index is 0.0389. The van der Waals surface area contributed by atoms with Crippen molar-refractivity contribution in [1.29, 1.82) is 0 Å². The van der Waals surface area contributed by atoms with Gasteiger partial charge in [0, 0.05) is 37.5 Å². The average Bonchev–Trinajstić information content (AvgIpc) is 3.17. The molecule has 0 fully saturated rings. The molecule has 0 aliphatic carbocycles. The summed E-state index contributed by atoms with van der Waals surface area (Å²) in [6.07, 6.45) is 4.17. The molecule has 0 aliphatic rings. The van der Waals surface area contributed by atoms with Gasteiger partial charge in [-0.05, 0) is 54.6 Å². The number of halogens is 2. The van der Waals surface area contributed by atoms with Gasteiger partial charge in [-0.25, -0.2) is 21.2 Å². The summed E-state index contributed by atoms with van der Waals surface area (Å²) in [6.45, 7) is 0.354. The first-order chi connectivity index (χ1) is 14.8. The van der Waals surface area contributed by atoms with Crippen LogP contribution in [0.1, 0.15) is 11.1 Å². The molecular formula is C22H21F2N3O3S. The number of nitrogens with zero attached hydrogens (tertiary/aromatic N) is 1. The van der Waals surface area contributed by atoms with Crippen LogP contribution in [0, 0.1) is 11.6 Å². The third kappa shape index (κ3) is 4.89. The summed E-state index contributed by atoms with van der Waals surface area (Å²) in [5, 5.41) is 5.36. The van der Waals surface area contributed by atoms with E-state index in [2.05, 4.69) is 10.6 Å². The molecule has 31 heavy (non-hydrogen) atoms. The van der Waals surface area contributed by atoms with Crippen molar-refractivity contribution in [3.63, 3.8) is 0 Å². The molecule has 0 atom stereocenters. The number of likely N-dealkylation sites (N-methyl/N-ethyl adjacent to an activating group) is 1. The fraction of sp³-hybridized carbons (Fsp3) is 0.136. The van der Waals surface area contributed by atoms with E-state index in [9.17, 15) is 22.0 Å². The Kier molecular flexibility index (Phi) is 6.67. The predicted octanol–water partition coefficient (Wildman–Crippen LogP) is 3.15. The summed E-state index contributed by atoms with van der Waals surface area (Å²) in [7, 11) is -0.930. The Morgan fingerprint density at radius 3 is 2.55 bits per heavy atom. The van der Waals surface area contributed by atoms with Crippen LogP contribution >= 0.6 is 0 Å². The van der Waals surface area contributed by atoms with Crippen LogP contribution in [0.5, 0.6) is 0 Å². The van der Waals surface area contributed by atoms with Crippen molar-refractivity contribution in [2.24, 2.45) is 0 Å². The van der Waals surface area contributed by atoms with Crippen LogP contribution in [0.3, 0.4) is 0 Å². The van der Waals surface area contributed by atoms with Gasteiger partial charge in [-0.15, -0.1) is 0 Å². The molecule has 9 heteroatoms. The maximum atomic E-state index is 14.5. The van der Waals surface area contributed by atoms with Gasteiger partial charge in [-0.2, -0.15) is 0 Å². The first-order valence-electron chi connectivity index (χ1n) is 9.33. The van der Waals surface area contributed by atoms with E-state index in [4.69, 9.17) is 0 Å². The normalized spacial score (nSPS) is 11.7. The van der Waals surface area contributed by atoms with Gasteiger partial charge in [-0.3, -0.25) is 4.79 Å². The zero-order chi connectivity index (χ0) is 22.6. The van der Waals surface area contributed by atoms with Gasteiger partial charge in [0.05, 0.1) is 10.6 Å². The van der Waals surface area contributed by atoms with Crippen molar-refractivity contribution in [2.45, 2.75) is 11.4 Å². The molecule has 6 nitrogen and oxygen atoms in total. The number of carbonyl (C=O) groups is 1. The van der Waals surface area contributed by atoms with Crippen molar-refractivity contribution in [3.05, 3.63) is 83.6 Å². The molecule has 1 heterocycles. The highest BCUT2D eigenvalue weighted by Gasteiger charge is 2.23. The van der Waals surface area contributed by atoms with Crippen molar-refractivity contribution in [3.8, 4) is 11.3 Å². The Balaban J connectivity index is 2.13. The SMILES string of the molecule is CNCc1cc(-c2ccc(F)cc2F)n(S(=O)(=O)c2cccc(/C=C/C(=O)NC)c2)c1. The van der Waals surface area contributed by atoms with Crippen LogP contribution in [0.25, 0.3) is 17.3 Å². The monoisotopic (exact) mass is 445 g/mol. The van der Waals surface area contributed by atoms with Crippen LogP contribution in [0.4, 0.5) is 8.78 Å². The lowest BCUT2D eigenvalue weighted by Gasteiger charge is -2.12. The zero-order valence-electron chi connectivity index (χ0n) is 16.9. The number of aromatic nitrogens is 1. The fourth-order valence-corrected chi connectivity index (χ4v) is 4.48. The van der Waals surface area contributed by atoms with Crippen LogP contribution in [0.2, 0.25) is 0 Å². The van der Waals surface area contributed by atoms with Crippen molar-refractivity contribution in [2.75, 3.05) is 14.1 Å². The fourth-order valence-electron chi connectivity index (χ4n) is 3.04. The first-order valence-corrected chi connectivity index (χ1v) is 10.8. The van der Waals surface area contributed by atoms with Crippen molar-refractivity contribution >= 4 is 22.0 Å². The van der Waals surface area contributed by atoms with Crippen LogP contribution in [-0.4, -0.2) is 32.4 Å². The van der Waals surface area contributed by atoms with E-state index in [1.807, 2.05) is 0 Å². The minimum Gasteiger partial charge on any atom is -0.356 e. The topological polar surface area (TPSA) is 80.2 Å². The molecule has 0 saturated heterocycles. The second-order valence-corrected chi connectivity index (χ2v) is 8.52. The molecule has 162 valence electrons. The van der Waals surface area contributed by atoms with Crippen molar-refractivity contribution in [1.82, 2.24) is 14.6 Å². The highest BCUT2D eigenvalue weighted by atomic mass is 32.2. The number of nitrogens with one attached hydrogen (secondary N) is 2.